The molecule has 0 spiro atoms. The van der Waals surface area contributed by atoms with Gasteiger partial charge >= 0.3 is 5.97 Å². The van der Waals surface area contributed by atoms with Gasteiger partial charge in [0.05, 0.1) is 0 Å². The van der Waals surface area contributed by atoms with Crippen molar-refractivity contribution in [2.75, 3.05) is 13.1 Å². The van der Waals surface area contributed by atoms with Crippen molar-refractivity contribution in [2.24, 2.45) is 11.8 Å². The van der Waals surface area contributed by atoms with Gasteiger partial charge in [-0.05, 0) is 31.6 Å². The molecule has 1 saturated carbocycles. The summed E-state index contributed by atoms with van der Waals surface area (Å²) in [5.41, 5.74) is 0. The molecule has 2 rings (SSSR count). The Hall–Kier alpha value is -1.59. The van der Waals surface area contributed by atoms with Crippen LogP contribution in [0.1, 0.15) is 45.4 Å². The minimum atomic E-state index is -0.864. The van der Waals surface area contributed by atoms with Crippen molar-refractivity contribution >= 4 is 17.8 Å². The first kappa shape index (κ1) is 15.8. The molecule has 6 nitrogen and oxygen atoms in total. The summed E-state index contributed by atoms with van der Waals surface area (Å²) in [5.74, 6) is -0.591. The number of amides is 2. The molecular formula is C15H24N2O4. The minimum Gasteiger partial charge on any atom is -0.481 e. The molecule has 1 unspecified atom stereocenters. The number of piperidine rings is 1. The van der Waals surface area contributed by atoms with E-state index >= 15 is 0 Å². The van der Waals surface area contributed by atoms with Crippen LogP contribution in [0.2, 0.25) is 0 Å². The Balaban J connectivity index is 1.68. The zero-order valence-electron chi connectivity index (χ0n) is 12.5. The maximum absolute atomic E-state index is 12.1. The third kappa shape index (κ3) is 5.02. The first-order chi connectivity index (χ1) is 9.95. The van der Waals surface area contributed by atoms with Gasteiger partial charge in [-0.2, -0.15) is 0 Å². The second-order valence-corrected chi connectivity index (χ2v) is 6.35. The summed E-state index contributed by atoms with van der Waals surface area (Å²) in [5, 5.41) is 11.8. The lowest BCUT2D eigenvalue weighted by atomic mass is 10.0. The number of carboxylic acid groups (broad SMARTS) is 1. The van der Waals surface area contributed by atoms with Crippen molar-refractivity contribution in [3.63, 3.8) is 0 Å². The highest BCUT2D eigenvalue weighted by molar-refractivity contribution is 5.81. The monoisotopic (exact) mass is 296 g/mol. The van der Waals surface area contributed by atoms with Crippen LogP contribution in [0.5, 0.6) is 0 Å². The molecular weight excluding hydrogens is 272 g/mol. The molecule has 2 amide bonds. The third-order valence-electron chi connectivity index (χ3n) is 4.19. The molecule has 0 radical (unpaired) electrons. The van der Waals surface area contributed by atoms with Crippen molar-refractivity contribution in [1.82, 2.24) is 10.2 Å². The summed E-state index contributed by atoms with van der Waals surface area (Å²) in [7, 11) is 0. The maximum atomic E-state index is 12.1. The zero-order valence-corrected chi connectivity index (χ0v) is 12.5. The van der Waals surface area contributed by atoms with Gasteiger partial charge in [0.2, 0.25) is 11.8 Å². The third-order valence-corrected chi connectivity index (χ3v) is 4.19. The highest BCUT2D eigenvalue weighted by Crippen LogP contribution is 2.29. The van der Waals surface area contributed by atoms with E-state index in [0.29, 0.717) is 13.1 Å². The van der Waals surface area contributed by atoms with E-state index in [1.807, 2.05) is 0 Å². The van der Waals surface area contributed by atoms with Crippen LogP contribution in [0.15, 0.2) is 0 Å². The molecule has 1 heterocycles. The second-order valence-electron chi connectivity index (χ2n) is 6.35. The maximum Gasteiger partial charge on any atom is 0.303 e. The van der Waals surface area contributed by atoms with E-state index in [2.05, 4.69) is 5.32 Å². The van der Waals surface area contributed by atoms with E-state index in [0.717, 1.165) is 25.7 Å². The Labute approximate surface area is 124 Å². The van der Waals surface area contributed by atoms with Gasteiger partial charge in [-0.3, -0.25) is 14.4 Å². The topological polar surface area (TPSA) is 86.7 Å². The molecule has 1 saturated heterocycles. The number of rotatable bonds is 6. The Morgan fingerprint density at radius 2 is 1.76 bits per heavy atom. The highest BCUT2D eigenvalue weighted by atomic mass is 16.4. The van der Waals surface area contributed by atoms with Gasteiger partial charge in [-0.15, -0.1) is 0 Å². The van der Waals surface area contributed by atoms with E-state index in [9.17, 15) is 14.4 Å². The summed E-state index contributed by atoms with van der Waals surface area (Å²) in [6, 6.07) is 0.179. The van der Waals surface area contributed by atoms with Crippen molar-refractivity contribution in [3.8, 4) is 0 Å². The van der Waals surface area contributed by atoms with Crippen LogP contribution in [0, 0.1) is 11.8 Å². The van der Waals surface area contributed by atoms with Crippen LogP contribution in [0.25, 0.3) is 0 Å². The number of nitrogens with one attached hydrogen (secondary N) is 1. The molecule has 6 heteroatoms. The van der Waals surface area contributed by atoms with Crippen LogP contribution in [0.4, 0.5) is 0 Å². The van der Waals surface area contributed by atoms with E-state index in [-0.39, 0.29) is 42.5 Å². The van der Waals surface area contributed by atoms with Crippen LogP contribution in [-0.2, 0) is 14.4 Å². The zero-order chi connectivity index (χ0) is 15.4. The van der Waals surface area contributed by atoms with E-state index in [1.165, 1.54) is 0 Å². The molecule has 2 aliphatic rings. The molecule has 0 aromatic heterocycles. The fourth-order valence-corrected chi connectivity index (χ4v) is 2.74. The van der Waals surface area contributed by atoms with Crippen molar-refractivity contribution in [3.05, 3.63) is 0 Å². The van der Waals surface area contributed by atoms with Crippen LogP contribution >= 0.6 is 0 Å². The standard InChI is InChI=1S/C15H24N2O4/c1-10(9-14(19)20)8-13(18)17-6-4-12(5-7-17)16-15(21)11-2-3-11/h10-12H,2-9H2,1H3,(H,16,21)(H,19,20). The van der Waals surface area contributed by atoms with Gasteiger partial charge in [0.1, 0.15) is 0 Å². The Kier molecular flexibility index (Phi) is 5.20. The summed E-state index contributed by atoms with van der Waals surface area (Å²) in [4.78, 5) is 36.2. The minimum absolute atomic E-state index is 0.0238. The first-order valence-electron chi connectivity index (χ1n) is 7.75. The molecule has 21 heavy (non-hydrogen) atoms. The van der Waals surface area contributed by atoms with Gasteiger partial charge in [-0.1, -0.05) is 6.92 Å². The van der Waals surface area contributed by atoms with E-state index < -0.39 is 5.97 Å². The van der Waals surface area contributed by atoms with Crippen molar-refractivity contribution in [2.45, 2.75) is 51.5 Å². The fraction of sp³-hybridized carbons (Fsp3) is 0.800. The van der Waals surface area contributed by atoms with Crippen LogP contribution in [0.3, 0.4) is 0 Å². The predicted octanol–water partition coefficient (Wildman–Crippen LogP) is 1.00. The normalized spacial score (nSPS) is 20.9. The summed E-state index contributed by atoms with van der Waals surface area (Å²) in [6.45, 7) is 3.08. The molecule has 1 aliphatic carbocycles. The number of hydrogen-bond donors (Lipinski definition) is 2. The highest BCUT2D eigenvalue weighted by Gasteiger charge is 2.32. The second kappa shape index (κ2) is 6.91. The molecule has 0 aromatic carbocycles. The average Bonchev–Trinajstić information content (AvgIpc) is 3.22. The van der Waals surface area contributed by atoms with Crippen LogP contribution in [-0.4, -0.2) is 46.9 Å². The van der Waals surface area contributed by atoms with Gasteiger partial charge < -0.3 is 15.3 Å². The number of aliphatic carboxylic acids is 1. The molecule has 2 fully saturated rings. The molecule has 1 atom stereocenters. The van der Waals surface area contributed by atoms with Crippen LogP contribution < -0.4 is 5.32 Å². The Morgan fingerprint density at radius 3 is 2.29 bits per heavy atom. The van der Waals surface area contributed by atoms with Gasteiger partial charge in [0.25, 0.3) is 0 Å². The average molecular weight is 296 g/mol. The number of hydrogen-bond acceptors (Lipinski definition) is 3. The summed E-state index contributed by atoms with van der Waals surface area (Å²) < 4.78 is 0. The number of carbonyl (C=O) groups excluding carboxylic acids is 2. The molecule has 118 valence electrons. The Morgan fingerprint density at radius 1 is 1.14 bits per heavy atom. The van der Waals surface area contributed by atoms with Crippen molar-refractivity contribution < 1.29 is 19.5 Å². The lowest BCUT2D eigenvalue weighted by Crippen LogP contribution is -2.47. The quantitative estimate of drug-likeness (QED) is 0.765. The lowest BCUT2D eigenvalue weighted by molar-refractivity contribution is -0.138. The summed E-state index contributed by atoms with van der Waals surface area (Å²) in [6.07, 6.45) is 3.90. The Bertz CT molecular complexity index is 412. The molecule has 2 N–H and O–H groups in total. The number of carbonyl (C=O) groups is 3. The predicted molar refractivity (Wildman–Crippen MR) is 76.5 cm³/mol. The SMILES string of the molecule is CC(CC(=O)O)CC(=O)N1CCC(NC(=O)C2CC2)CC1. The lowest BCUT2D eigenvalue weighted by Gasteiger charge is -2.33. The fourth-order valence-electron chi connectivity index (χ4n) is 2.74. The first-order valence-corrected chi connectivity index (χ1v) is 7.75. The largest absolute Gasteiger partial charge is 0.481 e. The molecule has 0 aromatic rings. The summed E-state index contributed by atoms with van der Waals surface area (Å²) >= 11 is 0. The van der Waals surface area contributed by atoms with E-state index in [4.69, 9.17) is 5.11 Å². The smallest absolute Gasteiger partial charge is 0.303 e. The molecule has 0 bridgehead atoms. The molecule has 1 aliphatic heterocycles. The van der Waals surface area contributed by atoms with Gasteiger partial charge in [-0.25, -0.2) is 0 Å². The van der Waals surface area contributed by atoms with Crippen molar-refractivity contribution in [1.29, 1.82) is 0 Å². The number of nitrogens with zero attached hydrogens (tertiary/aromatic N) is 1. The van der Waals surface area contributed by atoms with Gasteiger partial charge in [0, 0.05) is 37.9 Å². The van der Waals surface area contributed by atoms with E-state index in [1.54, 1.807) is 11.8 Å². The van der Waals surface area contributed by atoms with Gasteiger partial charge in [0.15, 0.2) is 0 Å². The number of likely N-dealkylation sites (tertiary alicyclic amines) is 1. The number of carboxylic acids is 1.